The molecular weight excluding hydrogens is 316 g/mol. The van der Waals surface area contributed by atoms with Gasteiger partial charge in [0, 0.05) is 51.9 Å². The molecule has 0 saturated carbocycles. The average molecular weight is 355 g/mol. The summed E-state index contributed by atoms with van der Waals surface area (Å²) in [5.41, 5.74) is 0. The van der Waals surface area contributed by atoms with Crippen LogP contribution < -0.4 is 10.6 Å². The fraction of sp³-hybridized carbons (Fsp3) is 0.947. The van der Waals surface area contributed by atoms with E-state index in [1.54, 1.807) is 0 Å². The summed E-state index contributed by atoms with van der Waals surface area (Å²) in [5, 5.41) is 6.78. The van der Waals surface area contributed by atoms with Crippen molar-refractivity contribution in [1.29, 1.82) is 0 Å². The van der Waals surface area contributed by atoms with Crippen molar-refractivity contribution in [2.45, 2.75) is 51.5 Å². The van der Waals surface area contributed by atoms with E-state index in [0.29, 0.717) is 5.92 Å². The van der Waals surface area contributed by atoms with Crippen LogP contribution in [0, 0.1) is 5.92 Å². The van der Waals surface area contributed by atoms with Crippen molar-refractivity contribution in [3.63, 3.8) is 0 Å². The van der Waals surface area contributed by atoms with E-state index >= 15 is 0 Å². The summed E-state index contributed by atoms with van der Waals surface area (Å²) in [6.07, 6.45) is 7.41. The van der Waals surface area contributed by atoms with E-state index in [1.807, 2.05) is 7.05 Å². The van der Waals surface area contributed by atoms with Gasteiger partial charge in [0.05, 0.1) is 13.2 Å². The molecule has 0 aromatic carbocycles. The summed E-state index contributed by atoms with van der Waals surface area (Å²) < 4.78 is 11.1. The van der Waals surface area contributed by atoms with Crippen LogP contribution in [0.2, 0.25) is 0 Å². The van der Waals surface area contributed by atoms with Crippen LogP contribution in [0.3, 0.4) is 0 Å². The molecule has 2 aliphatic rings. The second kappa shape index (κ2) is 12.5. The second-order valence-electron chi connectivity index (χ2n) is 7.32. The van der Waals surface area contributed by atoms with Crippen molar-refractivity contribution in [2.75, 3.05) is 59.7 Å². The Hall–Kier alpha value is -0.850. The molecule has 0 bridgehead atoms. The van der Waals surface area contributed by atoms with Crippen LogP contribution in [0.25, 0.3) is 0 Å². The molecule has 2 saturated heterocycles. The van der Waals surface area contributed by atoms with Crippen LogP contribution in [0.15, 0.2) is 4.99 Å². The van der Waals surface area contributed by atoms with Gasteiger partial charge < -0.3 is 25.0 Å². The van der Waals surface area contributed by atoms with Gasteiger partial charge in [-0.1, -0.05) is 6.42 Å². The molecule has 0 aliphatic carbocycles. The van der Waals surface area contributed by atoms with Crippen molar-refractivity contribution in [3.8, 4) is 0 Å². The molecule has 2 N–H and O–H groups in total. The van der Waals surface area contributed by atoms with E-state index in [1.165, 1.54) is 32.4 Å². The van der Waals surface area contributed by atoms with Crippen molar-refractivity contribution in [2.24, 2.45) is 10.9 Å². The second-order valence-corrected chi connectivity index (χ2v) is 7.32. The van der Waals surface area contributed by atoms with Crippen molar-refractivity contribution in [1.82, 2.24) is 15.5 Å². The number of hydrogen-bond acceptors (Lipinski definition) is 4. The Morgan fingerprint density at radius 2 is 2.04 bits per heavy atom. The summed E-state index contributed by atoms with van der Waals surface area (Å²) in [7, 11) is 1.83. The molecule has 6 nitrogen and oxygen atoms in total. The maximum atomic E-state index is 5.72. The third-order valence-electron chi connectivity index (χ3n) is 5.21. The molecule has 2 rings (SSSR count). The van der Waals surface area contributed by atoms with Crippen molar-refractivity contribution in [3.05, 3.63) is 0 Å². The Labute approximate surface area is 153 Å². The molecule has 6 heteroatoms. The van der Waals surface area contributed by atoms with Gasteiger partial charge in [0.15, 0.2) is 5.96 Å². The van der Waals surface area contributed by atoms with Gasteiger partial charge in [0.1, 0.15) is 0 Å². The molecule has 2 heterocycles. The Morgan fingerprint density at radius 1 is 1.20 bits per heavy atom. The standard InChI is InChI=1S/C19H38N4O2/c1-17-7-3-4-11-23(17)12-5-9-21-19(20-2)22-10-6-13-24-15-18-8-14-25-16-18/h17-18H,3-16H2,1-2H3,(H2,20,21,22). The highest BCUT2D eigenvalue weighted by molar-refractivity contribution is 5.79. The highest BCUT2D eigenvalue weighted by Crippen LogP contribution is 2.16. The van der Waals surface area contributed by atoms with Gasteiger partial charge in [0.25, 0.3) is 0 Å². The third-order valence-corrected chi connectivity index (χ3v) is 5.21. The topological polar surface area (TPSA) is 58.1 Å². The summed E-state index contributed by atoms with van der Waals surface area (Å²) >= 11 is 0. The lowest BCUT2D eigenvalue weighted by atomic mass is 10.0. The first-order chi connectivity index (χ1) is 12.3. The molecule has 2 atom stereocenters. The van der Waals surface area contributed by atoms with E-state index in [0.717, 1.165) is 70.8 Å². The summed E-state index contributed by atoms with van der Waals surface area (Å²) in [5.74, 6) is 1.50. The molecule has 0 aromatic rings. The highest BCUT2D eigenvalue weighted by atomic mass is 16.5. The lowest BCUT2D eigenvalue weighted by molar-refractivity contribution is 0.0888. The summed E-state index contributed by atoms with van der Waals surface area (Å²) in [6, 6.07) is 0.752. The first-order valence-electron chi connectivity index (χ1n) is 10.1. The van der Waals surface area contributed by atoms with E-state index < -0.39 is 0 Å². The summed E-state index contributed by atoms with van der Waals surface area (Å²) in [6.45, 7) is 10.1. The van der Waals surface area contributed by atoms with Crippen LogP contribution in [0.5, 0.6) is 0 Å². The number of hydrogen-bond donors (Lipinski definition) is 2. The minimum atomic E-state index is 0.602. The quantitative estimate of drug-likeness (QED) is 0.356. The minimum Gasteiger partial charge on any atom is -0.381 e. The van der Waals surface area contributed by atoms with Crippen molar-refractivity contribution < 1.29 is 9.47 Å². The number of guanidine groups is 1. The first kappa shape index (κ1) is 20.5. The minimum absolute atomic E-state index is 0.602. The third kappa shape index (κ3) is 8.38. The SMILES string of the molecule is CN=C(NCCCOCC1CCOC1)NCCCN1CCCCC1C. The number of likely N-dealkylation sites (tertiary alicyclic amines) is 1. The molecule has 146 valence electrons. The van der Waals surface area contributed by atoms with Gasteiger partial charge in [-0.05, 0) is 45.6 Å². The van der Waals surface area contributed by atoms with Crippen LogP contribution in [-0.2, 0) is 9.47 Å². The zero-order valence-corrected chi connectivity index (χ0v) is 16.3. The Morgan fingerprint density at radius 3 is 2.76 bits per heavy atom. The number of ether oxygens (including phenoxy) is 2. The average Bonchev–Trinajstić information content (AvgIpc) is 3.14. The first-order valence-corrected chi connectivity index (χ1v) is 10.1. The molecular formula is C19H38N4O2. The zero-order valence-electron chi connectivity index (χ0n) is 16.3. The number of nitrogens with zero attached hydrogens (tertiary/aromatic N) is 2. The molecule has 0 radical (unpaired) electrons. The molecule has 25 heavy (non-hydrogen) atoms. The van der Waals surface area contributed by atoms with Crippen LogP contribution in [0.1, 0.15) is 45.4 Å². The Bertz CT molecular complexity index is 372. The van der Waals surface area contributed by atoms with Crippen molar-refractivity contribution >= 4 is 5.96 Å². The molecule has 2 fully saturated rings. The van der Waals surface area contributed by atoms with Crippen LogP contribution >= 0.6 is 0 Å². The smallest absolute Gasteiger partial charge is 0.190 e. The van der Waals surface area contributed by atoms with Gasteiger partial charge in [-0.2, -0.15) is 0 Å². The Kier molecular flexibility index (Phi) is 10.2. The van der Waals surface area contributed by atoms with Gasteiger partial charge in [-0.25, -0.2) is 0 Å². The van der Waals surface area contributed by atoms with Gasteiger partial charge in [0.2, 0.25) is 0 Å². The lowest BCUT2D eigenvalue weighted by Crippen LogP contribution is -2.41. The number of nitrogens with one attached hydrogen (secondary N) is 2. The normalized spacial score (nSPS) is 25.3. The zero-order chi connectivity index (χ0) is 17.7. The maximum Gasteiger partial charge on any atom is 0.190 e. The highest BCUT2D eigenvalue weighted by Gasteiger charge is 2.17. The van der Waals surface area contributed by atoms with Crippen LogP contribution in [0.4, 0.5) is 0 Å². The molecule has 0 aromatic heterocycles. The van der Waals surface area contributed by atoms with Gasteiger partial charge in [-0.3, -0.25) is 4.99 Å². The van der Waals surface area contributed by atoms with E-state index in [4.69, 9.17) is 9.47 Å². The Balaban J connectivity index is 1.43. The predicted octanol–water partition coefficient (Wildman–Crippen LogP) is 1.86. The molecule has 0 spiro atoms. The number of aliphatic imine (C=N–C) groups is 1. The molecule has 0 amide bonds. The number of rotatable bonds is 10. The fourth-order valence-corrected chi connectivity index (χ4v) is 3.55. The lowest BCUT2D eigenvalue weighted by Gasteiger charge is -2.33. The fourth-order valence-electron chi connectivity index (χ4n) is 3.55. The predicted molar refractivity (Wildman–Crippen MR) is 103 cm³/mol. The largest absolute Gasteiger partial charge is 0.381 e. The van der Waals surface area contributed by atoms with Gasteiger partial charge >= 0.3 is 0 Å². The van der Waals surface area contributed by atoms with Gasteiger partial charge in [-0.15, -0.1) is 0 Å². The maximum absolute atomic E-state index is 5.72. The number of piperidine rings is 1. The van der Waals surface area contributed by atoms with E-state index in [9.17, 15) is 0 Å². The van der Waals surface area contributed by atoms with E-state index in [-0.39, 0.29) is 0 Å². The van der Waals surface area contributed by atoms with E-state index in [2.05, 4.69) is 27.4 Å². The monoisotopic (exact) mass is 354 g/mol. The summed E-state index contributed by atoms with van der Waals surface area (Å²) in [4.78, 5) is 6.91. The molecule has 2 aliphatic heterocycles. The molecule has 2 unspecified atom stereocenters. The van der Waals surface area contributed by atoms with Crippen LogP contribution in [-0.4, -0.2) is 76.6 Å².